The lowest BCUT2D eigenvalue weighted by molar-refractivity contribution is 0.170. The van der Waals surface area contributed by atoms with Crippen molar-refractivity contribution in [2.75, 3.05) is 19.6 Å². The fourth-order valence-electron chi connectivity index (χ4n) is 3.40. The number of rotatable bonds is 5. The summed E-state index contributed by atoms with van der Waals surface area (Å²) in [6.07, 6.45) is 4.15. The zero-order chi connectivity index (χ0) is 17.5. The standard InChI is InChI=1S/C21H25BrN2O/c22-20-9-5-4-8-19(20)10-13-23-21(25)24-14-11-18(12-15-24)16-17-6-2-1-3-7-17/h1-9,18H,10-16H2,(H,23,25). The van der Waals surface area contributed by atoms with E-state index in [0.717, 1.165) is 43.2 Å². The monoisotopic (exact) mass is 400 g/mol. The van der Waals surface area contributed by atoms with E-state index in [0.29, 0.717) is 12.5 Å². The first-order valence-corrected chi connectivity index (χ1v) is 9.82. The van der Waals surface area contributed by atoms with Crippen LogP contribution in [0.2, 0.25) is 0 Å². The highest BCUT2D eigenvalue weighted by Gasteiger charge is 2.22. The largest absolute Gasteiger partial charge is 0.338 e. The predicted molar refractivity (Wildman–Crippen MR) is 106 cm³/mol. The van der Waals surface area contributed by atoms with Crippen molar-refractivity contribution in [2.24, 2.45) is 5.92 Å². The summed E-state index contributed by atoms with van der Waals surface area (Å²) >= 11 is 3.55. The molecule has 0 bridgehead atoms. The molecule has 3 rings (SSSR count). The van der Waals surface area contributed by atoms with Gasteiger partial charge in [-0.15, -0.1) is 0 Å². The predicted octanol–water partition coefficient (Wildman–Crippen LogP) is 4.66. The zero-order valence-electron chi connectivity index (χ0n) is 14.5. The van der Waals surface area contributed by atoms with Crippen molar-refractivity contribution < 1.29 is 4.79 Å². The molecule has 0 spiro atoms. The Morgan fingerprint density at radius 3 is 2.44 bits per heavy atom. The van der Waals surface area contributed by atoms with Crippen molar-refractivity contribution in [3.05, 3.63) is 70.2 Å². The van der Waals surface area contributed by atoms with E-state index in [1.165, 1.54) is 11.1 Å². The topological polar surface area (TPSA) is 32.3 Å². The van der Waals surface area contributed by atoms with Crippen LogP contribution in [0.1, 0.15) is 24.0 Å². The summed E-state index contributed by atoms with van der Waals surface area (Å²) < 4.78 is 1.10. The van der Waals surface area contributed by atoms with E-state index in [2.05, 4.69) is 57.6 Å². The molecule has 1 aliphatic heterocycles. The molecule has 0 aliphatic carbocycles. The minimum atomic E-state index is 0.0743. The Balaban J connectivity index is 1.39. The van der Waals surface area contributed by atoms with E-state index in [9.17, 15) is 4.79 Å². The van der Waals surface area contributed by atoms with Crippen LogP contribution in [0.3, 0.4) is 0 Å². The fourth-order valence-corrected chi connectivity index (χ4v) is 3.89. The lowest BCUT2D eigenvalue weighted by Crippen LogP contribution is -2.45. The van der Waals surface area contributed by atoms with Gasteiger partial charge >= 0.3 is 6.03 Å². The van der Waals surface area contributed by atoms with Gasteiger partial charge in [-0.2, -0.15) is 0 Å². The molecule has 1 N–H and O–H groups in total. The molecule has 1 saturated heterocycles. The van der Waals surface area contributed by atoms with Gasteiger partial charge in [0.25, 0.3) is 0 Å². The Morgan fingerprint density at radius 1 is 1.04 bits per heavy atom. The molecule has 2 aromatic carbocycles. The number of urea groups is 1. The van der Waals surface area contributed by atoms with E-state index in [1.54, 1.807) is 0 Å². The van der Waals surface area contributed by atoms with Crippen LogP contribution in [0.15, 0.2) is 59.1 Å². The Bertz CT molecular complexity index is 681. The first-order chi connectivity index (χ1) is 12.2. The third-order valence-corrected chi connectivity index (χ3v) is 5.67. The van der Waals surface area contributed by atoms with E-state index < -0.39 is 0 Å². The van der Waals surface area contributed by atoms with Crippen molar-refractivity contribution in [3.8, 4) is 0 Å². The van der Waals surface area contributed by atoms with Gasteiger partial charge in [-0.25, -0.2) is 4.79 Å². The van der Waals surface area contributed by atoms with Gasteiger partial charge in [0.15, 0.2) is 0 Å². The lowest BCUT2D eigenvalue weighted by atomic mass is 9.90. The smallest absolute Gasteiger partial charge is 0.317 e. The number of carbonyl (C=O) groups excluding carboxylic acids is 1. The molecule has 4 heteroatoms. The molecule has 0 aromatic heterocycles. The molecule has 2 amide bonds. The Kier molecular flexibility index (Phi) is 6.51. The molecule has 1 fully saturated rings. The SMILES string of the molecule is O=C(NCCc1ccccc1Br)N1CCC(Cc2ccccc2)CC1. The van der Waals surface area contributed by atoms with Gasteiger partial charge in [0.1, 0.15) is 0 Å². The van der Waals surface area contributed by atoms with Gasteiger partial charge in [0.05, 0.1) is 0 Å². The number of hydrogen-bond donors (Lipinski definition) is 1. The van der Waals surface area contributed by atoms with Crippen LogP contribution >= 0.6 is 15.9 Å². The number of piperidine rings is 1. The molecule has 1 aliphatic rings. The third kappa shape index (κ3) is 5.33. The summed E-state index contributed by atoms with van der Waals surface area (Å²) in [6.45, 7) is 2.39. The summed E-state index contributed by atoms with van der Waals surface area (Å²) in [5.74, 6) is 0.687. The molecule has 0 unspecified atom stereocenters. The fraction of sp³-hybridized carbons (Fsp3) is 0.381. The summed E-state index contributed by atoms with van der Waals surface area (Å²) in [6, 6.07) is 18.9. The van der Waals surface area contributed by atoms with Gasteiger partial charge in [-0.1, -0.05) is 64.5 Å². The molecule has 132 valence electrons. The molecule has 25 heavy (non-hydrogen) atoms. The van der Waals surface area contributed by atoms with E-state index >= 15 is 0 Å². The third-order valence-electron chi connectivity index (χ3n) is 4.90. The number of hydrogen-bond acceptors (Lipinski definition) is 1. The number of nitrogens with zero attached hydrogens (tertiary/aromatic N) is 1. The highest BCUT2D eigenvalue weighted by Crippen LogP contribution is 2.21. The highest BCUT2D eigenvalue weighted by molar-refractivity contribution is 9.10. The van der Waals surface area contributed by atoms with Crippen LogP contribution in [-0.4, -0.2) is 30.6 Å². The molecule has 3 nitrogen and oxygen atoms in total. The molecule has 1 heterocycles. The number of likely N-dealkylation sites (tertiary alicyclic amines) is 1. The summed E-state index contributed by atoms with van der Waals surface area (Å²) in [5, 5.41) is 3.06. The van der Waals surface area contributed by atoms with Crippen LogP contribution in [0, 0.1) is 5.92 Å². The maximum Gasteiger partial charge on any atom is 0.317 e. The summed E-state index contributed by atoms with van der Waals surface area (Å²) in [7, 11) is 0. The lowest BCUT2D eigenvalue weighted by Gasteiger charge is -2.32. The van der Waals surface area contributed by atoms with E-state index in [4.69, 9.17) is 0 Å². The van der Waals surface area contributed by atoms with Crippen LogP contribution in [0.4, 0.5) is 4.79 Å². The molecule has 2 aromatic rings. The van der Waals surface area contributed by atoms with Crippen molar-refractivity contribution >= 4 is 22.0 Å². The molecular formula is C21H25BrN2O. The van der Waals surface area contributed by atoms with Gasteiger partial charge in [0.2, 0.25) is 0 Å². The normalized spacial score (nSPS) is 15.2. The van der Waals surface area contributed by atoms with Gasteiger partial charge in [-0.3, -0.25) is 0 Å². The van der Waals surface area contributed by atoms with E-state index in [-0.39, 0.29) is 6.03 Å². The minimum Gasteiger partial charge on any atom is -0.338 e. The van der Waals surface area contributed by atoms with Crippen LogP contribution in [0.5, 0.6) is 0 Å². The van der Waals surface area contributed by atoms with Gasteiger partial charge in [-0.05, 0) is 48.8 Å². The van der Waals surface area contributed by atoms with Crippen LogP contribution in [0.25, 0.3) is 0 Å². The van der Waals surface area contributed by atoms with Crippen molar-refractivity contribution in [2.45, 2.75) is 25.7 Å². The Morgan fingerprint density at radius 2 is 1.72 bits per heavy atom. The van der Waals surface area contributed by atoms with Gasteiger partial charge < -0.3 is 10.2 Å². The van der Waals surface area contributed by atoms with Crippen molar-refractivity contribution in [3.63, 3.8) is 0 Å². The number of benzene rings is 2. The molecular weight excluding hydrogens is 376 g/mol. The second kappa shape index (κ2) is 9.04. The Hall–Kier alpha value is -1.81. The number of halogens is 1. The minimum absolute atomic E-state index is 0.0743. The maximum absolute atomic E-state index is 12.3. The Labute approximate surface area is 158 Å². The molecule has 0 atom stereocenters. The first-order valence-electron chi connectivity index (χ1n) is 9.02. The number of nitrogens with one attached hydrogen (secondary N) is 1. The quantitative estimate of drug-likeness (QED) is 0.777. The van der Waals surface area contributed by atoms with Crippen LogP contribution < -0.4 is 5.32 Å². The average molecular weight is 401 g/mol. The van der Waals surface area contributed by atoms with Crippen molar-refractivity contribution in [1.82, 2.24) is 10.2 Å². The summed E-state index contributed by atoms with van der Waals surface area (Å²) in [4.78, 5) is 14.3. The van der Waals surface area contributed by atoms with Gasteiger partial charge in [0, 0.05) is 24.1 Å². The summed E-state index contributed by atoms with van der Waals surface area (Å²) in [5.41, 5.74) is 2.63. The zero-order valence-corrected chi connectivity index (χ0v) is 16.0. The molecule has 0 saturated carbocycles. The second-order valence-electron chi connectivity index (χ2n) is 6.69. The maximum atomic E-state index is 12.3. The molecule has 0 radical (unpaired) electrons. The average Bonchev–Trinajstić information content (AvgIpc) is 2.65. The number of amides is 2. The van der Waals surface area contributed by atoms with E-state index in [1.807, 2.05) is 23.1 Å². The number of carbonyl (C=O) groups is 1. The van der Waals surface area contributed by atoms with Crippen molar-refractivity contribution in [1.29, 1.82) is 0 Å². The highest BCUT2D eigenvalue weighted by atomic mass is 79.9. The van der Waals surface area contributed by atoms with Crippen LogP contribution in [-0.2, 0) is 12.8 Å². The second-order valence-corrected chi connectivity index (χ2v) is 7.55. The first kappa shape index (κ1) is 18.0.